The number of hydrogen-bond acceptors (Lipinski definition) is 4. The predicted molar refractivity (Wildman–Crippen MR) is 77.4 cm³/mol. The van der Waals surface area contributed by atoms with Crippen LogP contribution >= 0.6 is 0 Å². The summed E-state index contributed by atoms with van der Waals surface area (Å²) < 4.78 is 18.0. The molecule has 1 aromatic rings. The maximum Gasteiger partial charge on any atom is 0.407 e. The zero-order valence-electron chi connectivity index (χ0n) is 12.7. The second-order valence-corrected chi connectivity index (χ2v) is 5.70. The van der Waals surface area contributed by atoms with E-state index in [9.17, 15) is 14.3 Å². The summed E-state index contributed by atoms with van der Waals surface area (Å²) in [4.78, 5) is 15.5. The minimum Gasteiger partial charge on any atom is -0.444 e. The molecule has 0 aromatic carbocycles. The van der Waals surface area contributed by atoms with Crippen LogP contribution in [0.25, 0.3) is 0 Å². The van der Waals surface area contributed by atoms with Crippen LogP contribution in [0, 0.1) is 6.92 Å². The van der Waals surface area contributed by atoms with Gasteiger partial charge in [-0.3, -0.25) is 4.98 Å². The number of aromatic nitrogens is 1. The topological polar surface area (TPSA) is 71.5 Å². The minimum absolute atomic E-state index is 0.000964. The van der Waals surface area contributed by atoms with E-state index in [2.05, 4.69) is 10.3 Å². The molecule has 0 saturated carbocycles. The molecule has 2 N–H and O–H groups in total. The number of ether oxygens (including phenoxy) is 1. The summed E-state index contributed by atoms with van der Waals surface area (Å²) in [5.41, 5.74) is 0.585. The van der Waals surface area contributed by atoms with Gasteiger partial charge in [0.25, 0.3) is 0 Å². The van der Waals surface area contributed by atoms with E-state index in [1.807, 2.05) is 6.92 Å². The summed E-state index contributed by atoms with van der Waals surface area (Å²) in [6, 6.07) is 3.43. The third-order valence-electron chi connectivity index (χ3n) is 2.54. The van der Waals surface area contributed by atoms with E-state index in [1.165, 1.54) is 6.20 Å². The van der Waals surface area contributed by atoms with Crippen molar-refractivity contribution in [2.75, 3.05) is 6.54 Å². The number of carbonyl (C=O) groups excluding carboxylic acids is 1. The maximum atomic E-state index is 12.9. The number of rotatable bonds is 4. The molecule has 1 rings (SSSR count). The van der Waals surface area contributed by atoms with Crippen LogP contribution in [0.3, 0.4) is 0 Å². The van der Waals surface area contributed by atoms with Gasteiger partial charge < -0.3 is 15.2 Å². The van der Waals surface area contributed by atoms with Crippen LogP contribution in [0.15, 0.2) is 30.2 Å². The van der Waals surface area contributed by atoms with Crippen molar-refractivity contribution in [2.24, 2.45) is 0 Å². The number of halogens is 1. The molecule has 5 nitrogen and oxygen atoms in total. The van der Waals surface area contributed by atoms with Gasteiger partial charge in [-0.1, -0.05) is 0 Å². The predicted octanol–water partition coefficient (Wildman–Crippen LogP) is 2.80. The van der Waals surface area contributed by atoms with E-state index in [-0.39, 0.29) is 18.4 Å². The van der Waals surface area contributed by atoms with Crippen molar-refractivity contribution < 1.29 is 19.0 Å². The monoisotopic (exact) mass is 296 g/mol. The third kappa shape index (κ3) is 5.91. The molecule has 0 fully saturated rings. The van der Waals surface area contributed by atoms with Crippen molar-refractivity contribution in [3.8, 4) is 0 Å². The van der Waals surface area contributed by atoms with Crippen molar-refractivity contribution in [1.29, 1.82) is 0 Å². The Bertz CT molecular complexity index is 524. The minimum atomic E-state index is -1.22. The number of aliphatic hydroxyl groups excluding tert-OH is 1. The summed E-state index contributed by atoms with van der Waals surface area (Å²) >= 11 is 0. The number of amides is 1. The maximum absolute atomic E-state index is 12.9. The largest absolute Gasteiger partial charge is 0.444 e. The summed E-state index contributed by atoms with van der Waals surface area (Å²) in [7, 11) is 0. The van der Waals surface area contributed by atoms with E-state index < -0.39 is 17.8 Å². The normalized spacial score (nSPS) is 13.7. The lowest BCUT2D eigenvalue weighted by Gasteiger charge is -2.20. The highest BCUT2D eigenvalue weighted by molar-refractivity contribution is 5.68. The quantitative estimate of drug-likeness (QED) is 0.896. The van der Waals surface area contributed by atoms with E-state index in [0.29, 0.717) is 5.69 Å². The van der Waals surface area contributed by atoms with Gasteiger partial charge in [0.05, 0.1) is 12.0 Å². The molecule has 1 amide bonds. The fraction of sp³-hybridized carbons (Fsp3) is 0.467. The van der Waals surface area contributed by atoms with Crippen LogP contribution in [-0.4, -0.2) is 28.3 Å². The average Bonchev–Trinajstić information content (AvgIpc) is 2.37. The molecule has 21 heavy (non-hydrogen) atoms. The molecule has 1 atom stereocenters. The molecule has 0 aliphatic carbocycles. The molecule has 0 radical (unpaired) electrons. The van der Waals surface area contributed by atoms with E-state index in [4.69, 9.17) is 4.74 Å². The average molecular weight is 296 g/mol. The first-order valence-electron chi connectivity index (χ1n) is 6.59. The Labute approximate surface area is 123 Å². The molecule has 0 aliphatic heterocycles. The number of nitrogens with one attached hydrogen (secondary N) is 1. The molecule has 116 valence electrons. The standard InChI is InChI=1S/C15H21FN2O3/c1-10-5-6-17-12(7-10)13(19)11(8-16)9-18-14(20)21-15(2,3)4/h5-8,13,19H,9H2,1-4H3,(H,18,20)/b11-8-. The number of alkyl carbamates (subject to hydrolysis) is 1. The van der Waals surface area contributed by atoms with Gasteiger partial charge in [0.2, 0.25) is 0 Å². The van der Waals surface area contributed by atoms with Crippen LogP contribution in [0.5, 0.6) is 0 Å². The number of hydrogen-bond donors (Lipinski definition) is 2. The van der Waals surface area contributed by atoms with Gasteiger partial charge in [0.1, 0.15) is 11.7 Å². The molecule has 1 heterocycles. The van der Waals surface area contributed by atoms with Crippen molar-refractivity contribution >= 4 is 6.09 Å². The Morgan fingerprint density at radius 2 is 2.24 bits per heavy atom. The molecule has 0 saturated heterocycles. The zero-order valence-corrected chi connectivity index (χ0v) is 12.7. The van der Waals surface area contributed by atoms with E-state index in [1.54, 1.807) is 32.9 Å². The van der Waals surface area contributed by atoms with E-state index in [0.717, 1.165) is 5.56 Å². The van der Waals surface area contributed by atoms with Crippen LogP contribution in [0.2, 0.25) is 0 Å². The smallest absolute Gasteiger partial charge is 0.407 e. The Hall–Kier alpha value is -1.95. The van der Waals surface area contributed by atoms with Crippen molar-refractivity contribution in [1.82, 2.24) is 10.3 Å². The van der Waals surface area contributed by atoms with Crippen molar-refractivity contribution in [3.63, 3.8) is 0 Å². The van der Waals surface area contributed by atoms with Crippen molar-refractivity contribution in [2.45, 2.75) is 39.4 Å². The first-order valence-corrected chi connectivity index (χ1v) is 6.59. The van der Waals surface area contributed by atoms with Gasteiger partial charge in [-0.05, 0) is 45.4 Å². The molecule has 0 bridgehead atoms. The lowest BCUT2D eigenvalue weighted by Crippen LogP contribution is -2.34. The van der Waals surface area contributed by atoms with Gasteiger partial charge in [-0.15, -0.1) is 0 Å². The number of pyridine rings is 1. The SMILES string of the molecule is Cc1ccnc(C(O)/C(=C\F)CNC(=O)OC(C)(C)C)c1. The first-order chi connectivity index (χ1) is 9.73. The van der Waals surface area contributed by atoms with Gasteiger partial charge >= 0.3 is 6.09 Å². The highest BCUT2D eigenvalue weighted by Gasteiger charge is 2.19. The van der Waals surface area contributed by atoms with Crippen LogP contribution in [0.4, 0.5) is 9.18 Å². The van der Waals surface area contributed by atoms with Gasteiger partial charge in [-0.25, -0.2) is 9.18 Å². The molecular formula is C15H21FN2O3. The van der Waals surface area contributed by atoms with Crippen LogP contribution < -0.4 is 5.32 Å². The fourth-order valence-corrected chi connectivity index (χ4v) is 1.58. The first kappa shape index (κ1) is 17.1. The van der Waals surface area contributed by atoms with Gasteiger partial charge in [0, 0.05) is 18.3 Å². The molecule has 0 spiro atoms. The second-order valence-electron chi connectivity index (χ2n) is 5.70. The molecule has 0 aliphatic rings. The van der Waals surface area contributed by atoms with Gasteiger partial charge in [0.15, 0.2) is 0 Å². The van der Waals surface area contributed by atoms with E-state index >= 15 is 0 Å². The molecular weight excluding hydrogens is 275 g/mol. The summed E-state index contributed by atoms with van der Waals surface area (Å²) in [5, 5.41) is 12.5. The zero-order chi connectivity index (χ0) is 16.0. The van der Waals surface area contributed by atoms with Gasteiger partial charge in [-0.2, -0.15) is 0 Å². The summed E-state index contributed by atoms with van der Waals surface area (Å²) in [6.07, 6.45) is -0.0899. The lowest BCUT2D eigenvalue weighted by molar-refractivity contribution is 0.0529. The number of aliphatic hydroxyl groups is 1. The number of carbonyl (C=O) groups is 1. The highest BCUT2D eigenvalue weighted by Crippen LogP contribution is 2.20. The summed E-state index contributed by atoms with van der Waals surface area (Å²) in [6.45, 7) is 6.86. The summed E-state index contributed by atoms with van der Waals surface area (Å²) in [5.74, 6) is 0. The Morgan fingerprint density at radius 3 is 2.76 bits per heavy atom. The Morgan fingerprint density at radius 1 is 1.57 bits per heavy atom. The fourth-order valence-electron chi connectivity index (χ4n) is 1.58. The number of nitrogens with zero attached hydrogens (tertiary/aromatic N) is 1. The lowest BCUT2D eigenvalue weighted by atomic mass is 10.1. The molecule has 1 unspecified atom stereocenters. The van der Waals surface area contributed by atoms with Crippen LogP contribution in [0.1, 0.15) is 38.1 Å². The Kier molecular flexibility index (Phi) is 5.84. The third-order valence-corrected chi connectivity index (χ3v) is 2.54. The van der Waals surface area contributed by atoms with Crippen molar-refractivity contribution in [3.05, 3.63) is 41.5 Å². The Balaban J connectivity index is 2.66. The second kappa shape index (κ2) is 7.17. The van der Waals surface area contributed by atoms with Crippen LogP contribution in [-0.2, 0) is 4.74 Å². The molecule has 6 heteroatoms. The highest BCUT2D eigenvalue weighted by atomic mass is 19.1. The molecule has 1 aromatic heterocycles. The number of aryl methyl sites for hydroxylation is 1.